The molecule has 0 amide bonds. The predicted octanol–water partition coefficient (Wildman–Crippen LogP) is 0.362. The Kier molecular flexibility index (Phi) is 2.44. The Morgan fingerprint density at radius 3 is 2.87 bits per heavy atom. The molecule has 3 N–H and O–H groups in total. The molecule has 0 fully saturated rings. The van der Waals surface area contributed by atoms with Crippen molar-refractivity contribution in [1.29, 1.82) is 0 Å². The molecular formula is C8H10N6O. The maximum absolute atomic E-state index is 5.40. The Bertz CT molecular complexity index is 437. The molecule has 2 aromatic heterocycles. The van der Waals surface area contributed by atoms with Crippen LogP contribution >= 0.6 is 0 Å². The summed E-state index contributed by atoms with van der Waals surface area (Å²) in [5.74, 6) is 2.11. The zero-order valence-electron chi connectivity index (χ0n) is 8.14. The number of aryl methyl sites for hydroxylation is 1. The molecule has 0 aliphatic heterocycles. The van der Waals surface area contributed by atoms with Crippen LogP contribution in [0.15, 0.2) is 16.9 Å². The average Bonchev–Trinajstić information content (AvgIpc) is 2.64. The first-order chi connectivity index (χ1) is 7.24. The Morgan fingerprint density at radius 1 is 1.40 bits per heavy atom. The molecule has 0 aromatic carbocycles. The van der Waals surface area contributed by atoms with Crippen molar-refractivity contribution in [1.82, 2.24) is 20.1 Å². The van der Waals surface area contributed by atoms with Gasteiger partial charge in [0.2, 0.25) is 5.89 Å². The number of nitrogens with zero attached hydrogens (tertiary/aromatic N) is 4. The molecule has 15 heavy (non-hydrogen) atoms. The number of anilines is 2. The number of nitrogen functional groups attached to an aromatic ring is 1. The summed E-state index contributed by atoms with van der Waals surface area (Å²) in [6.45, 7) is 2.18. The van der Waals surface area contributed by atoms with Crippen molar-refractivity contribution >= 4 is 11.6 Å². The second-order valence-electron chi connectivity index (χ2n) is 2.91. The van der Waals surface area contributed by atoms with E-state index in [0.29, 0.717) is 29.9 Å². The third-order valence-corrected chi connectivity index (χ3v) is 1.67. The van der Waals surface area contributed by atoms with Crippen LogP contribution in [0.2, 0.25) is 0 Å². The predicted molar refractivity (Wildman–Crippen MR) is 52.8 cm³/mol. The van der Waals surface area contributed by atoms with Crippen LogP contribution in [0.25, 0.3) is 0 Å². The van der Waals surface area contributed by atoms with E-state index < -0.39 is 0 Å². The fourth-order valence-electron chi connectivity index (χ4n) is 1.01. The van der Waals surface area contributed by atoms with Crippen molar-refractivity contribution in [3.8, 4) is 0 Å². The lowest BCUT2D eigenvalue weighted by atomic mass is 10.5. The van der Waals surface area contributed by atoms with Crippen molar-refractivity contribution in [2.45, 2.75) is 13.5 Å². The van der Waals surface area contributed by atoms with Crippen LogP contribution in [0.4, 0.5) is 11.6 Å². The zero-order valence-corrected chi connectivity index (χ0v) is 8.14. The highest BCUT2D eigenvalue weighted by Gasteiger charge is 2.01. The lowest BCUT2D eigenvalue weighted by molar-refractivity contribution is 0.388. The second kappa shape index (κ2) is 3.91. The van der Waals surface area contributed by atoms with Crippen molar-refractivity contribution in [3.05, 3.63) is 24.1 Å². The van der Waals surface area contributed by atoms with Gasteiger partial charge in [0, 0.05) is 6.92 Å². The molecular weight excluding hydrogens is 196 g/mol. The first kappa shape index (κ1) is 9.38. The number of nitrogens with one attached hydrogen (secondary N) is 1. The molecule has 0 saturated heterocycles. The summed E-state index contributed by atoms with van der Waals surface area (Å²) in [7, 11) is 0. The maximum atomic E-state index is 5.40. The summed E-state index contributed by atoms with van der Waals surface area (Å²) in [5, 5.41) is 6.71. The SMILES string of the molecule is Cc1nc(CNc2cnc(N)cn2)no1. The molecule has 7 heteroatoms. The summed E-state index contributed by atoms with van der Waals surface area (Å²) in [4.78, 5) is 11.9. The summed E-state index contributed by atoms with van der Waals surface area (Å²) in [6, 6.07) is 0. The van der Waals surface area contributed by atoms with E-state index in [2.05, 4.69) is 25.4 Å². The van der Waals surface area contributed by atoms with E-state index in [0.717, 1.165) is 0 Å². The zero-order chi connectivity index (χ0) is 10.7. The highest BCUT2D eigenvalue weighted by molar-refractivity contribution is 5.35. The first-order valence-corrected chi connectivity index (χ1v) is 4.34. The minimum absolute atomic E-state index is 0.385. The van der Waals surface area contributed by atoms with Gasteiger partial charge in [-0.3, -0.25) is 0 Å². The minimum atomic E-state index is 0.385. The lowest BCUT2D eigenvalue weighted by Crippen LogP contribution is -2.04. The van der Waals surface area contributed by atoms with E-state index in [1.54, 1.807) is 13.1 Å². The maximum Gasteiger partial charge on any atom is 0.223 e. The summed E-state index contributed by atoms with van der Waals surface area (Å²) in [5.41, 5.74) is 5.40. The molecule has 0 saturated carbocycles. The van der Waals surface area contributed by atoms with E-state index in [4.69, 9.17) is 10.3 Å². The normalized spacial score (nSPS) is 10.2. The van der Waals surface area contributed by atoms with Gasteiger partial charge in [0.25, 0.3) is 0 Å². The minimum Gasteiger partial charge on any atom is -0.382 e. The van der Waals surface area contributed by atoms with E-state index in [-0.39, 0.29) is 0 Å². The summed E-state index contributed by atoms with van der Waals surface area (Å²) in [6.07, 6.45) is 3.02. The molecule has 0 spiro atoms. The van der Waals surface area contributed by atoms with Gasteiger partial charge in [-0.2, -0.15) is 4.98 Å². The number of nitrogens with two attached hydrogens (primary N) is 1. The van der Waals surface area contributed by atoms with Crippen LogP contribution in [0.5, 0.6) is 0 Å². The van der Waals surface area contributed by atoms with Gasteiger partial charge in [-0.1, -0.05) is 5.16 Å². The number of hydrogen-bond acceptors (Lipinski definition) is 7. The highest BCUT2D eigenvalue weighted by Crippen LogP contribution is 2.03. The molecule has 2 aromatic rings. The van der Waals surface area contributed by atoms with Crippen LogP contribution in [-0.4, -0.2) is 20.1 Å². The van der Waals surface area contributed by atoms with Crippen molar-refractivity contribution < 1.29 is 4.52 Å². The van der Waals surface area contributed by atoms with Crippen LogP contribution in [0, 0.1) is 6.92 Å². The van der Waals surface area contributed by atoms with E-state index in [1.165, 1.54) is 6.20 Å². The number of rotatable bonds is 3. The van der Waals surface area contributed by atoms with Gasteiger partial charge >= 0.3 is 0 Å². The molecule has 2 heterocycles. The molecule has 0 aliphatic carbocycles. The molecule has 7 nitrogen and oxygen atoms in total. The van der Waals surface area contributed by atoms with Crippen LogP contribution in [-0.2, 0) is 6.54 Å². The number of aromatic nitrogens is 4. The lowest BCUT2D eigenvalue weighted by Gasteiger charge is -2.00. The standard InChI is InChI=1S/C8H10N6O/c1-5-13-8(14-15-5)4-12-7-3-10-6(9)2-11-7/h2-3H,4H2,1H3,(H2,9,10)(H,11,12). The Hall–Kier alpha value is -2.18. The van der Waals surface area contributed by atoms with Gasteiger partial charge in [-0.15, -0.1) is 0 Å². The molecule has 0 bridgehead atoms. The van der Waals surface area contributed by atoms with E-state index in [1.807, 2.05) is 0 Å². The fraction of sp³-hybridized carbons (Fsp3) is 0.250. The quantitative estimate of drug-likeness (QED) is 0.747. The Labute approximate surface area is 85.7 Å². The van der Waals surface area contributed by atoms with Crippen LogP contribution < -0.4 is 11.1 Å². The van der Waals surface area contributed by atoms with Gasteiger partial charge in [0.1, 0.15) is 11.6 Å². The van der Waals surface area contributed by atoms with E-state index >= 15 is 0 Å². The smallest absolute Gasteiger partial charge is 0.223 e. The fourth-order valence-corrected chi connectivity index (χ4v) is 1.01. The molecule has 0 unspecified atom stereocenters. The average molecular weight is 206 g/mol. The van der Waals surface area contributed by atoms with E-state index in [9.17, 15) is 0 Å². The topological polar surface area (TPSA) is 103 Å². The third-order valence-electron chi connectivity index (χ3n) is 1.67. The third kappa shape index (κ3) is 2.39. The largest absolute Gasteiger partial charge is 0.382 e. The van der Waals surface area contributed by atoms with Gasteiger partial charge in [0.15, 0.2) is 5.82 Å². The number of hydrogen-bond donors (Lipinski definition) is 2. The Balaban J connectivity index is 1.96. The van der Waals surface area contributed by atoms with Gasteiger partial charge < -0.3 is 15.6 Å². The van der Waals surface area contributed by atoms with Crippen molar-refractivity contribution in [3.63, 3.8) is 0 Å². The molecule has 2 rings (SSSR count). The second-order valence-corrected chi connectivity index (χ2v) is 2.91. The first-order valence-electron chi connectivity index (χ1n) is 4.34. The van der Waals surface area contributed by atoms with Gasteiger partial charge in [-0.05, 0) is 0 Å². The van der Waals surface area contributed by atoms with Crippen molar-refractivity contribution in [2.24, 2.45) is 0 Å². The van der Waals surface area contributed by atoms with Gasteiger partial charge in [-0.25, -0.2) is 9.97 Å². The van der Waals surface area contributed by atoms with Crippen LogP contribution in [0.1, 0.15) is 11.7 Å². The van der Waals surface area contributed by atoms with Crippen LogP contribution in [0.3, 0.4) is 0 Å². The molecule has 0 radical (unpaired) electrons. The molecule has 78 valence electrons. The summed E-state index contributed by atoms with van der Waals surface area (Å²) < 4.78 is 4.81. The molecule has 0 atom stereocenters. The highest BCUT2D eigenvalue weighted by atomic mass is 16.5. The Morgan fingerprint density at radius 2 is 2.27 bits per heavy atom. The molecule has 0 aliphatic rings. The van der Waals surface area contributed by atoms with Crippen molar-refractivity contribution in [2.75, 3.05) is 11.1 Å². The van der Waals surface area contributed by atoms with Gasteiger partial charge in [0.05, 0.1) is 18.9 Å². The summed E-state index contributed by atoms with van der Waals surface area (Å²) >= 11 is 0. The monoisotopic (exact) mass is 206 g/mol.